The second-order valence-electron chi connectivity index (χ2n) is 7.81. The van der Waals surface area contributed by atoms with E-state index in [1.165, 1.54) is 58.2 Å². The van der Waals surface area contributed by atoms with Crippen LogP contribution in [0.4, 0.5) is 0 Å². The van der Waals surface area contributed by atoms with Crippen molar-refractivity contribution in [3.05, 3.63) is 0 Å². The van der Waals surface area contributed by atoms with Crippen molar-refractivity contribution in [3.8, 4) is 0 Å². The van der Waals surface area contributed by atoms with Crippen molar-refractivity contribution in [2.45, 2.75) is 64.9 Å². The minimum absolute atomic E-state index is 0.107. The second kappa shape index (κ2) is 3.96. The zero-order chi connectivity index (χ0) is 13.0. The van der Waals surface area contributed by atoms with Gasteiger partial charge in [0.05, 0.1) is 5.60 Å². The minimum atomic E-state index is -0.470. The summed E-state index contributed by atoms with van der Waals surface area (Å²) in [6.07, 6.45) is 7.81. The predicted octanol–water partition coefficient (Wildman–Crippen LogP) is 3.05. The van der Waals surface area contributed by atoms with Gasteiger partial charge in [-0.15, -0.1) is 0 Å². The third-order valence-corrected chi connectivity index (χ3v) is 7.02. The van der Waals surface area contributed by atoms with Gasteiger partial charge in [-0.2, -0.15) is 0 Å². The second-order valence-corrected chi connectivity index (χ2v) is 7.81. The molecular formula is C16H29NO. The van der Waals surface area contributed by atoms with Gasteiger partial charge in [0.25, 0.3) is 0 Å². The van der Waals surface area contributed by atoms with Crippen molar-refractivity contribution in [2.24, 2.45) is 16.7 Å². The molecule has 104 valence electrons. The Hall–Kier alpha value is -0.0800. The van der Waals surface area contributed by atoms with Gasteiger partial charge >= 0.3 is 0 Å². The maximum Gasteiger partial charge on any atom is 0.0729 e. The first kappa shape index (κ1) is 12.9. The fraction of sp³-hybridized carbons (Fsp3) is 1.00. The third-order valence-electron chi connectivity index (χ3n) is 7.02. The van der Waals surface area contributed by atoms with E-state index in [-0.39, 0.29) is 10.8 Å². The van der Waals surface area contributed by atoms with Gasteiger partial charge < -0.3 is 10.0 Å². The zero-order valence-corrected chi connectivity index (χ0v) is 12.3. The van der Waals surface area contributed by atoms with Crippen LogP contribution in [0.3, 0.4) is 0 Å². The Kier molecular flexibility index (Phi) is 2.84. The van der Waals surface area contributed by atoms with E-state index < -0.39 is 5.60 Å². The first-order valence-corrected chi connectivity index (χ1v) is 7.84. The summed E-state index contributed by atoms with van der Waals surface area (Å²) in [4.78, 5) is 2.60. The largest absolute Gasteiger partial charge is 0.389 e. The van der Waals surface area contributed by atoms with E-state index in [1.54, 1.807) is 0 Å². The minimum Gasteiger partial charge on any atom is -0.389 e. The standard InChI is InChI=1S/C16H29NO/c1-14(2)13-6-7-16(12-13,15(14,3)18)8-11-17-9-4-5-10-17/h13,18H,4-12H2,1-3H3/t13-,15+,16-/m1/s1. The molecule has 3 aliphatic rings. The van der Waals surface area contributed by atoms with Gasteiger partial charge in [-0.05, 0) is 76.4 Å². The molecule has 3 fully saturated rings. The summed E-state index contributed by atoms with van der Waals surface area (Å²) in [5, 5.41) is 11.1. The third kappa shape index (κ3) is 1.54. The number of nitrogens with zero attached hydrogens (tertiary/aromatic N) is 1. The molecule has 2 aliphatic carbocycles. The van der Waals surface area contributed by atoms with Gasteiger partial charge in [-0.1, -0.05) is 13.8 Å². The Balaban J connectivity index is 1.73. The van der Waals surface area contributed by atoms with Crippen molar-refractivity contribution in [1.29, 1.82) is 0 Å². The Morgan fingerprint density at radius 3 is 2.39 bits per heavy atom. The van der Waals surface area contributed by atoms with Crippen molar-refractivity contribution in [1.82, 2.24) is 4.90 Å². The molecule has 0 aromatic rings. The van der Waals surface area contributed by atoms with E-state index in [4.69, 9.17) is 0 Å². The Morgan fingerprint density at radius 2 is 1.83 bits per heavy atom. The van der Waals surface area contributed by atoms with E-state index in [1.807, 2.05) is 0 Å². The molecule has 2 bridgehead atoms. The van der Waals surface area contributed by atoms with Crippen LogP contribution in [0.15, 0.2) is 0 Å². The highest BCUT2D eigenvalue weighted by Gasteiger charge is 2.67. The Morgan fingerprint density at radius 1 is 1.17 bits per heavy atom. The van der Waals surface area contributed by atoms with Crippen LogP contribution >= 0.6 is 0 Å². The maximum absolute atomic E-state index is 11.1. The zero-order valence-electron chi connectivity index (χ0n) is 12.3. The van der Waals surface area contributed by atoms with Crippen LogP contribution < -0.4 is 0 Å². The summed E-state index contributed by atoms with van der Waals surface area (Å²) in [6.45, 7) is 10.5. The molecule has 0 amide bonds. The van der Waals surface area contributed by atoms with E-state index in [0.29, 0.717) is 0 Å². The topological polar surface area (TPSA) is 23.5 Å². The van der Waals surface area contributed by atoms with Crippen LogP contribution in [0.1, 0.15) is 59.3 Å². The summed E-state index contributed by atoms with van der Waals surface area (Å²) < 4.78 is 0. The molecule has 3 rings (SSSR count). The molecule has 1 N–H and O–H groups in total. The van der Waals surface area contributed by atoms with Crippen LogP contribution in [-0.4, -0.2) is 35.2 Å². The van der Waals surface area contributed by atoms with Gasteiger partial charge in [0, 0.05) is 5.41 Å². The maximum atomic E-state index is 11.1. The molecule has 3 atom stereocenters. The molecule has 18 heavy (non-hydrogen) atoms. The normalized spacial score (nSPS) is 47.0. The quantitative estimate of drug-likeness (QED) is 0.833. The highest BCUT2D eigenvalue weighted by atomic mass is 16.3. The van der Waals surface area contributed by atoms with Crippen LogP contribution in [0.5, 0.6) is 0 Å². The number of fused-ring (bicyclic) bond motifs is 2. The van der Waals surface area contributed by atoms with Crippen molar-refractivity contribution in [2.75, 3.05) is 19.6 Å². The van der Waals surface area contributed by atoms with Crippen LogP contribution in [0, 0.1) is 16.7 Å². The van der Waals surface area contributed by atoms with Crippen LogP contribution in [0.25, 0.3) is 0 Å². The fourth-order valence-corrected chi connectivity index (χ4v) is 5.11. The molecule has 0 aromatic carbocycles. The summed E-state index contributed by atoms with van der Waals surface area (Å²) in [7, 11) is 0. The van der Waals surface area contributed by atoms with Gasteiger partial charge in [-0.3, -0.25) is 0 Å². The van der Waals surface area contributed by atoms with Crippen molar-refractivity contribution < 1.29 is 5.11 Å². The highest BCUT2D eigenvalue weighted by Crippen LogP contribution is 2.69. The smallest absolute Gasteiger partial charge is 0.0729 e. The molecule has 0 aromatic heterocycles. The van der Waals surface area contributed by atoms with Crippen LogP contribution in [-0.2, 0) is 0 Å². The van der Waals surface area contributed by atoms with Crippen molar-refractivity contribution in [3.63, 3.8) is 0 Å². The average Bonchev–Trinajstić information content (AvgIpc) is 2.98. The van der Waals surface area contributed by atoms with Gasteiger partial charge in [0.15, 0.2) is 0 Å². The van der Waals surface area contributed by atoms with E-state index in [0.717, 1.165) is 5.92 Å². The van der Waals surface area contributed by atoms with E-state index in [9.17, 15) is 5.11 Å². The molecule has 1 aliphatic heterocycles. The number of rotatable bonds is 3. The fourth-order valence-electron chi connectivity index (χ4n) is 5.11. The number of likely N-dealkylation sites (tertiary alicyclic amines) is 1. The lowest BCUT2D eigenvalue weighted by atomic mass is 9.59. The first-order valence-electron chi connectivity index (χ1n) is 7.84. The summed E-state index contributed by atoms with van der Waals surface area (Å²) in [5.74, 6) is 0.742. The van der Waals surface area contributed by atoms with Gasteiger partial charge in [0.2, 0.25) is 0 Å². The highest BCUT2D eigenvalue weighted by molar-refractivity contribution is 5.17. The van der Waals surface area contributed by atoms with Gasteiger partial charge in [-0.25, -0.2) is 0 Å². The summed E-state index contributed by atoms with van der Waals surface area (Å²) in [5.41, 5.74) is -0.150. The van der Waals surface area contributed by atoms with E-state index in [2.05, 4.69) is 25.7 Å². The molecule has 2 saturated carbocycles. The SMILES string of the molecule is CC1(C)[C@@H]2CC[C@@](CCN3CCCC3)(C2)[C@@]1(C)O. The van der Waals surface area contributed by atoms with E-state index >= 15 is 0 Å². The molecule has 1 saturated heterocycles. The first-order chi connectivity index (χ1) is 8.39. The molecule has 0 unspecified atom stereocenters. The lowest BCUT2D eigenvalue weighted by molar-refractivity contribution is -0.138. The predicted molar refractivity (Wildman–Crippen MR) is 74.5 cm³/mol. The molecule has 0 radical (unpaired) electrons. The number of hydrogen-bond acceptors (Lipinski definition) is 2. The molecule has 2 heteroatoms. The average molecular weight is 251 g/mol. The number of aliphatic hydroxyl groups is 1. The summed E-state index contributed by atoms with van der Waals surface area (Å²) in [6, 6.07) is 0. The van der Waals surface area contributed by atoms with Gasteiger partial charge in [0.1, 0.15) is 0 Å². The molecule has 1 heterocycles. The molecular weight excluding hydrogens is 222 g/mol. The Bertz CT molecular complexity index is 330. The van der Waals surface area contributed by atoms with Crippen molar-refractivity contribution >= 4 is 0 Å². The lowest BCUT2D eigenvalue weighted by Crippen LogP contribution is -2.53. The molecule has 0 spiro atoms. The number of hydrogen-bond donors (Lipinski definition) is 1. The Labute approximate surface area is 112 Å². The monoisotopic (exact) mass is 251 g/mol. The summed E-state index contributed by atoms with van der Waals surface area (Å²) >= 11 is 0. The molecule has 2 nitrogen and oxygen atoms in total. The lowest BCUT2D eigenvalue weighted by Gasteiger charge is -2.50. The van der Waals surface area contributed by atoms with Crippen LogP contribution in [0.2, 0.25) is 0 Å².